The maximum Gasteiger partial charge on any atom is 0.00223 e. The molecule has 0 spiro atoms. The molecule has 0 aromatic rings. The minimum absolute atomic E-state index is 0.904. The van der Waals surface area contributed by atoms with E-state index >= 15 is 0 Å². The Kier molecular flexibility index (Phi) is 7.49. The smallest absolute Gasteiger partial charge is 0.00223 e. The Labute approximate surface area is 99.2 Å². The molecule has 1 unspecified atom stereocenters. The summed E-state index contributed by atoms with van der Waals surface area (Å²) in [5.74, 6) is 2.24. The quantitative estimate of drug-likeness (QED) is 0.643. The van der Waals surface area contributed by atoms with Gasteiger partial charge in [0.25, 0.3) is 0 Å². The van der Waals surface area contributed by atoms with Crippen molar-refractivity contribution < 1.29 is 0 Å². The fourth-order valence-electron chi connectivity index (χ4n) is 2.33. The first-order valence-electron chi connectivity index (χ1n) is 6.22. The summed E-state index contributed by atoms with van der Waals surface area (Å²) in [6.07, 6.45) is 7.80. The molecule has 0 aromatic carbocycles. The largest absolute Gasteiger partial charge is 0.319 e. The van der Waals surface area contributed by atoms with Gasteiger partial charge in [-0.1, -0.05) is 6.42 Å². The zero-order valence-electron chi connectivity index (χ0n) is 10.3. The lowest BCUT2D eigenvalue weighted by molar-refractivity contribution is 0.315. The van der Waals surface area contributed by atoms with E-state index in [2.05, 4.69) is 23.5 Å². The van der Waals surface area contributed by atoms with Gasteiger partial charge in [-0.05, 0) is 63.9 Å². The maximum atomic E-state index is 3.28. The third kappa shape index (κ3) is 5.79. The number of nitrogens with zero attached hydrogens (tertiary/aromatic N) is 1. The number of thioether (sulfide) groups is 1. The first kappa shape index (κ1) is 13.3. The Morgan fingerprint density at radius 3 is 2.93 bits per heavy atom. The van der Waals surface area contributed by atoms with Gasteiger partial charge in [0.1, 0.15) is 0 Å². The van der Waals surface area contributed by atoms with Gasteiger partial charge >= 0.3 is 0 Å². The van der Waals surface area contributed by atoms with Crippen molar-refractivity contribution in [1.29, 1.82) is 0 Å². The summed E-state index contributed by atoms with van der Waals surface area (Å²) < 4.78 is 0. The Bertz CT molecular complexity index is 153. The van der Waals surface area contributed by atoms with Crippen LogP contribution in [0.25, 0.3) is 0 Å². The van der Waals surface area contributed by atoms with Crippen molar-refractivity contribution in [2.75, 3.05) is 45.2 Å². The first-order valence-corrected chi connectivity index (χ1v) is 7.62. The fraction of sp³-hybridized carbons (Fsp3) is 1.00. The van der Waals surface area contributed by atoms with E-state index in [1.165, 1.54) is 57.6 Å². The molecule has 1 aliphatic rings. The molecule has 90 valence electrons. The van der Waals surface area contributed by atoms with Gasteiger partial charge in [-0.25, -0.2) is 0 Å². The summed E-state index contributed by atoms with van der Waals surface area (Å²) in [5, 5.41) is 3.28. The van der Waals surface area contributed by atoms with E-state index in [0.29, 0.717) is 0 Å². The molecule has 0 amide bonds. The number of unbranched alkanes of at least 4 members (excludes halogenated alkanes) is 2. The van der Waals surface area contributed by atoms with Gasteiger partial charge < -0.3 is 10.2 Å². The molecule has 1 fully saturated rings. The molecular weight excluding hydrogens is 204 g/mol. The van der Waals surface area contributed by atoms with Gasteiger partial charge in [0.15, 0.2) is 0 Å². The molecule has 2 nitrogen and oxygen atoms in total. The predicted molar refractivity (Wildman–Crippen MR) is 70.7 cm³/mol. The highest BCUT2D eigenvalue weighted by molar-refractivity contribution is 7.98. The molecule has 15 heavy (non-hydrogen) atoms. The van der Waals surface area contributed by atoms with Crippen molar-refractivity contribution in [3.8, 4) is 0 Å². The summed E-state index contributed by atoms with van der Waals surface area (Å²) in [4.78, 5) is 2.64. The van der Waals surface area contributed by atoms with Crippen LogP contribution >= 0.6 is 11.8 Å². The average Bonchev–Trinajstić information content (AvgIpc) is 2.66. The van der Waals surface area contributed by atoms with Crippen LogP contribution in [-0.2, 0) is 0 Å². The van der Waals surface area contributed by atoms with Gasteiger partial charge in [-0.15, -0.1) is 0 Å². The van der Waals surface area contributed by atoms with Gasteiger partial charge in [-0.2, -0.15) is 11.8 Å². The molecule has 1 heterocycles. The monoisotopic (exact) mass is 230 g/mol. The molecule has 1 N–H and O–H groups in total. The zero-order valence-corrected chi connectivity index (χ0v) is 11.1. The highest BCUT2D eigenvalue weighted by Gasteiger charge is 2.20. The third-order valence-electron chi connectivity index (χ3n) is 3.19. The van der Waals surface area contributed by atoms with Crippen LogP contribution in [-0.4, -0.2) is 50.1 Å². The summed E-state index contributed by atoms with van der Waals surface area (Å²) >= 11 is 1.97. The van der Waals surface area contributed by atoms with Crippen LogP contribution in [0.15, 0.2) is 0 Å². The molecule has 0 saturated carbocycles. The Hall–Kier alpha value is 0.270. The number of hydrogen-bond donors (Lipinski definition) is 1. The molecule has 0 radical (unpaired) electrons. The van der Waals surface area contributed by atoms with Gasteiger partial charge in [-0.3, -0.25) is 0 Å². The van der Waals surface area contributed by atoms with Crippen molar-refractivity contribution >= 4 is 11.8 Å². The molecule has 0 bridgehead atoms. The summed E-state index contributed by atoms with van der Waals surface area (Å²) in [7, 11) is 2.06. The summed E-state index contributed by atoms with van der Waals surface area (Å²) in [6, 6.07) is 0. The fourth-order valence-corrected chi connectivity index (χ4v) is 2.82. The molecule has 1 atom stereocenters. The van der Waals surface area contributed by atoms with E-state index in [-0.39, 0.29) is 0 Å². The van der Waals surface area contributed by atoms with Crippen molar-refractivity contribution in [1.82, 2.24) is 10.2 Å². The SMILES string of the molecule is CNCC1CCN(CCCCCSC)C1. The van der Waals surface area contributed by atoms with Crippen LogP contribution in [0.3, 0.4) is 0 Å². The highest BCUT2D eigenvalue weighted by Crippen LogP contribution is 2.16. The predicted octanol–water partition coefficient (Wildman–Crippen LogP) is 2.06. The highest BCUT2D eigenvalue weighted by atomic mass is 32.2. The van der Waals surface area contributed by atoms with Crippen molar-refractivity contribution in [2.24, 2.45) is 5.92 Å². The molecule has 1 saturated heterocycles. The minimum Gasteiger partial charge on any atom is -0.319 e. The van der Waals surface area contributed by atoms with Crippen LogP contribution in [0, 0.1) is 5.92 Å². The normalized spacial score (nSPS) is 22.4. The lowest BCUT2D eigenvalue weighted by Gasteiger charge is -2.15. The molecule has 1 aliphatic heterocycles. The lowest BCUT2D eigenvalue weighted by Crippen LogP contribution is -2.25. The van der Waals surface area contributed by atoms with E-state index < -0.39 is 0 Å². The van der Waals surface area contributed by atoms with E-state index in [9.17, 15) is 0 Å². The van der Waals surface area contributed by atoms with Crippen LogP contribution in [0.5, 0.6) is 0 Å². The molecular formula is C12H26N2S. The average molecular weight is 230 g/mol. The number of likely N-dealkylation sites (tertiary alicyclic amines) is 1. The van der Waals surface area contributed by atoms with Crippen LogP contribution in [0.2, 0.25) is 0 Å². The standard InChI is InChI=1S/C12H26N2S/c1-13-10-12-6-8-14(11-12)7-4-3-5-9-15-2/h12-13H,3-11H2,1-2H3. The Morgan fingerprint density at radius 1 is 1.33 bits per heavy atom. The molecule has 1 rings (SSSR count). The van der Waals surface area contributed by atoms with E-state index in [0.717, 1.165) is 5.92 Å². The van der Waals surface area contributed by atoms with E-state index in [1.54, 1.807) is 0 Å². The molecule has 3 heteroatoms. The maximum absolute atomic E-state index is 3.28. The Morgan fingerprint density at radius 2 is 2.20 bits per heavy atom. The van der Waals surface area contributed by atoms with E-state index in [1.807, 2.05) is 11.8 Å². The number of hydrogen-bond acceptors (Lipinski definition) is 3. The minimum atomic E-state index is 0.904. The Balaban J connectivity index is 1.94. The second kappa shape index (κ2) is 8.43. The second-order valence-corrected chi connectivity index (χ2v) is 5.55. The number of rotatable bonds is 8. The first-order chi connectivity index (χ1) is 7.36. The number of nitrogens with one attached hydrogen (secondary N) is 1. The zero-order chi connectivity index (χ0) is 10.9. The topological polar surface area (TPSA) is 15.3 Å². The molecule has 0 aromatic heterocycles. The third-order valence-corrected chi connectivity index (χ3v) is 3.88. The van der Waals surface area contributed by atoms with Gasteiger partial charge in [0.05, 0.1) is 0 Å². The van der Waals surface area contributed by atoms with Crippen LogP contribution in [0.4, 0.5) is 0 Å². The van der Waals surface area contributed by atoms with Crippen LogP contribution in [0.1, 0.15) is 25.7 Å². The van der Waals surface area contributed by atoms with Crippen molar-refractivity contribution in [2.45, 2.75) is 25.7 Å². The van der Waals surface area contributed by atoms with Gasteiger partial charge in [0.2, 0.25) is 0 Å². The summed E-state index contributed by atoms with van der Waals surface area (Å²) in [6.45, 7) is 5.18. The second-order valence-electron chi connectivity index (χ2n) is 4.57. The van der Waals surface area contributed by atoms with Gasteiger partial charge in [0, 0.05) is 6.54 Å². The lowest BCUT2D eigenvalue weighted by atomic mass is 10.1. The van der Waals surface area contributed by atoms with E-state index in [4.69, 9.17) is 0 Å². The molecule has 0 aliphatic carbocycles. The van der Waals surface area contributed by atoms with Crippen LogP contribution < -0.4 is 5.32 Å². The summed E-state index contributed by atoms with van der Waals surface area (Å²) in [5.41, 5.74) is 0. The van der Waals surface area contributed by atoms with Crippen molar-refractivity contribution in [3.05, 3.63) is 0 Å². The van der Waals surface area contributed by atoms with Crippen molar-refractivity contribution in [3.63, 3.8) is 0 Å².